The van der Waals surface area contributed by atoms with E-state index in [4.69, 9.17) is 4.42 Å². The molecule has 0 atom stereocenters. The minimum atomic E-state index is 0.884. The Labute approximate surface area is 295 Å². The summed E-state index contributed by atoms with van der Waals surface area (Å²) < 4.78 is 8.62. The Morgan fingerprint density at radius 2 is 1.00 bits per heavy atom. The maximum absolute atomic E-state index is 6.22. The van der Waals surface area contributed by atoms with Gasteiger partial charge in [0.2, 0.25) is 0 Å². The number of hydrogen-bond acceptors (Lipinski definition) is 2. The molecule has 51 heavy (non-hydrogen) atoms. The monoisotopic (exact) mass is 652 g/mol. The van der Waals surface area contributed by atoms with Crippen LogP contribution in [-0.2, 0) is 0 Å². The Kier molecular flexibility index (Phi) is 6.81. The van der Waals surface area contributed by atoms with Gasteiger partial charge in [-0.05, 0) is 83.4 Å². The standard InChI is InChI=1S/C48H32N2O/c1-3-13-33(14-4-1)35-15-11-18-38(31-35)49(39-29-30-47-44(32-39)42-20-8-10-24-46(42)51-47)37-27-25-34(26-28-37)40-21-12-22-43-41-19-7-9-23-45(41)50(48(40)43)36-16-5-2-6-17-36/h1-32H. The molecule has 10 aromatic rings. The third kappa shape index (κ3) is 4.90. The second kappa shape index (κ2) is 11.9. The van der Waals surface area contributed by atoms with E-state index in [0.717, 1.165) is 44.7 Å². The summed E-state index contributed by atoms with van der Waals surface area (Å²) in [7, 11) is 0. The molecule has 0 saturated carbocycles. The predicted octanol–water partition coefficient (Wildman–Crippen LogP) is 13.5. The molecule has 0 aliphatic heterocycles. The number of fused-ring (bicyclic) bond motifs is 6. The molecule has 0 N–H and O–H groups in total. The lowest BCUT2D eigenvalue weighted by Crippen LogP contribution is -2.10. The van der Waals surface area contributed by atoms with E-state index in [1.54, 1.807) is 0 Å². The topological polar surface area (TPSA) is 21.3 Å². The molecular formula is C48H32N2O. The first-order chi connectivity index (χ1) is 25.3. The van der Waals surface area contributed by atoms with Crippen LogP contribution in [0.25, 0.3) is 71.7 Å². The zero-order valence-corrected chi connectivity index (χ0v) is 27.8. The van der Waals surface area contributed by atoms with Crippen molar-refractivity contribution in [2.75, 3.05) is 4.90 Å². The van der Waals surface area contributed by atoms with E-state index in [-0.39, 0.29) is 0 Å². The smallest absolute Gasteiger partial charge is 0.135 e. The summed E-state index contributed by atoms with van der Waals surface area (Å²) in [4.78, 5) is 2.35. The quantitative estimate of drug-likeness (QED) is 0.178. The van der Waals surface area contributed by atoms with Gasteiger partial charge in [-0.25, -0.2) is 0 Å². The van der Waals surface area contributed by atoms with Crippen LogP contribution in [-0.4, -0.2) is 4.57 Å². The number of anilines is 3. The highest BCUT2D eigenvalue weighted by atomic mass is 16.3. The van der Waals surface area contributed by atoms with E-state index in [0.29, 0.717) is 0 Å². The van der Waals surface area contributed by atoms with E-state index in [1.165, 1.54) is 44.1 Å². The van der Waals surface area contributed by atoms with E-state index in [9.17, 15) is 0 Å². The first kappa shape index (κ1) is 29.1. The molecule has 0 saturated heterocycles. The van der Waals surface area contributed by atoms with Crippen molar-refractivity contribution in [2.24, 2.45) is 0 Å². The lowest BCUT2D eigenvalue weighted by molar-refractivity contribution is 0.669. The third-order valence-corrected chi connectivity index (χ3v) is 9.98. The van der Waals surface area contributed by atoms with Gasteiger partial charge < -0.3 is 13.9 Å². The fourth-order valence-corrected chi connectivity index (χ4v) is 7.64. The van der Waals surface area contributed by atoms with Crippen molar-refractivity contribution in [1.29, 1.82) is 0 Å². The van der Waals surface area contributed by atoms with E-state index in [2.05, 4.69) is 191 Å². The molecule has 0 radical (unpaired) electrons. The van der Waals surface area contributed by atoms with Gasteiger partial charge >= 0.3 is 0 Å². The molecule has 3 nitrogen and oxygen atoms in total. The number of nitrogens with zero attached hydrogens (tertiary/aromatic N) is 2. The number of aromatic nitrogens is 1. The molecule has 0 spiro atoms. The molecular weight excluding hydrogens is 621 g/mol. The molecule has 0 aliphatic carbocycles. The molecule has 10 rings (SSSR count). The Morgan fingerprint density at radius 1 is 0.373 bits per heavy atom. The summed E-state index contributed by atoms with van der Waals surface area (Å²) in [6, 6.07) is 69.2. The molecule has 3 heteroatoms. The maximum atomic E-state index is 6.22. The van der Waals surface area contributed by atoms with Crippen molar-refractivity contribution in [3.05, 3.63) is 194 Å². The molecule has 2 aromatic heterocycles. The maximum Gasteiger partial charge on any atom is 0.135 e. The van der Waals surface area contributed by atoms with Gasteiger partial charge in [-0.2, -0.15) is 0 Å². The predicted molar refractivity (Wildman–Crippen MR) is 214 cm³/mol. The minimum Gasteiger partial charge on any atom is -0.456 e. The molecule has 0 bridgehead atoms. The van der Waals surface area contributed by atoms with Crippen LogP contribution in [0.3, 0.4) is 0 Å². The molecule has 8 aromatic carbocycles. The van der Waals surface area contributed by atoms with Crippen LogP contribution in [0, 0.1) is 0 Å². The average molecular weight is 653 g/mol. The number of para-hydroxylation sites is 4. The van der Waals surface area contributed by atoms with Gasteiger partial charge in [0.25, 0.3) is 0 Å². The van der Waals surface area contributed by atoms with Gasteiger partial charge in [-0.15, -0.1) is 0 Å². The van der Waals surface area contributed by atoms with E-state index in [1.807, 2.05) is 12.1 Å². The van der Waals surface area contributed by atoms with Crippen LogP contribution in [0.5, 0.6) is 0 Å². The summed E-state index contributed by atoms with van der Waals surface area (Å²) in [5.41, 5.74) is 13.3. The van der Waals surface area contributed by atoms with Crippen molar-refractivity contribution >= 4 is 60.8 Å². The second-order valence-electron chi connectivity index (χ2n) is 13.0. The molecule has 0 amide bonds. The number of furan rings is 1. The highest BCUT2D eigenvalue weighted by Gasteiger charge is 2.19. The van der Waals surface area contributed by atoms with Crippen molar-refractivity contribution in [3.63, 3.8) is 0 Å². The van der Waals surface area contributed by atoms with Crippen molar-refractivity contribution in [2.45, 2.75) is 0 Å². The zero-order chi connectivity index (χ0) is 33.7. The van der Waals surface area contributed by atoms with Crippen LogP contribution in [0.4, 0.5) is 17.1 Å². The van der Waals surface area contributed by atoms with Gasteiger partial charge in [0.15, 0.2) is 0 Å². The highest BCUT2D eigenvalue weighted by Crippen LogP contribution is 2.42. The Morgan fingerprint density at radius 3 is 1.84 bits per heavy atom. The fourth-order valence-electron chi connectivity index (χ4n) is 7.64. The molecule has 240 valence electrons. The van der Waals surface area contributed by atoms with Gasteiger partial charge in [0.1, 0.15) is 11.2 Å². The van der Waals surface area contributed by atoms with Crippen molar-refractivity contribution in [1.82, 2.24) is 4.57 Å². The first-order valence-corrected chi connectivity index (χ1v) is 17.4. The van der Waals surface area contributed by atoms with Gasteiger partial charge in [-0.3, -0.25) is 0 Å². The number of rotatable bonds is 6. The van der Waals surface area contributed by atoms with Crippen molar-refractivity contribution in [3.8, 4) is 27.9 Å². The summed E-state index contributed by atoms with van der Waals surface area (Å²) in [6.07, 6.45) is 0. The highest BCUT2D eigenvalue weighted by molar-refractivity contribution is 6.14. The number of benzene rings is 8. The van der Waals surface area contributed by atoms with Crippen LogP contribution < -0.4 is 4.90 Å². The molecule has 0 aliphatic rings. The van der Waals surface area contributed by atoms with Gasteiger partial charge in [0, 0.05) is 49.9 Å². The first-order valence-electron chi connectivity index (χ1n) is 17.4. The third-order valence-electron chi connectivity index (χ3n) is 9.98. The lowest BCUT2D eigenvalue weighted by atomic mass is 10.0. The fraction of sp³-hybridized carbons (Fsp3) is 0. The lowest BCUT2D eigenvalue weighted by Gasteiger charge is -2.26. The summed E-state index contributed by atoms with van der Waals surface area (Å²) >= 11 is 0. The zero-order valence-electron chi connectivity index (χ0n) is 27.8. The van der Waals surface area contributed by atoms with E-state index < -0.39 is 0 Å². The summed E-state index contributed by atoms with van der Waals surface area (Å²) in [5.74, 6) is 0. The Hall–Kier alpha value is -6.84. The number of hydrogen-bond donors (Lipinski definition) is 0. The summed E-state index contributed by atoms with van der Waals surface area (Å²) in [6.45, 7) is 0. The van der Waals surface area contributed by atoms with Crippen molar-refractivity contribution < 1.29 is 4.42 Å². The normalized spacial score (nSPS) is 11.5. The van der Waals surface area contributed by atoms with E-state index >= 15 is 0 Å². The van der Waals surface area contributed by atoms with Crippen LogP contribution >= 0.6 is 0 Å². The molecule has 0 fully saturated rings. The summed E-state index contributed by atoms with van der Waals surface area (Å²) in [5, 5.41) is 4.71. The van der Waals surface area contributed by atoms with Crippen LogP contribution in [0.1, 0.15) is 0 Å². The molecule has 0 unspecified atom stereocenters. The second-order valence-corrected chi connectivity index (χ2v) is 13.0. The minimum absolute atomic E-state index is 0.884. The Balaban J connectivity index is 1.15. The molecule has 2 heterocycles. The average Bonchev–Trinajstić information content (AvgIpc) is 3.75. The SMILES string of the molecule is c1ccc(-c2cccc(N(c3ccc(-c4cccc5c6ccccc6n(-c6ccccc6)c45)cc3)c3ccc4oc5ccccc5c4c3)c2)cc1. The largest absolute Gasteiger partial charge is 0.456 e. The Bertz CT molecular complexity index is 2850. The van der Waals surface area contributed by atoms with Crippen LogP contribution in [0.15, 0.2) is 199 Å². The van der Waals surface area contributed by atoms with Gasteiger partial charge in [0.05, 0.1) is 11.0 Å². The van der Waals surface area contributed by atoms with Gasteiger partial charge in [-0.1, -0.05) is 127 Å². The van der Waals surface area contributed by atoms with Crippen LogP contribution in [0.2, 0.25) is 0 Å².